The van der Waals surface area contributed by atoms with Crippen LogP contribution < -0.4 is 10.1 Å². The van der Waals surface area contributed by atoms with Crippen LogP contribution in [-0.2, 0) is 12.7 Å². The molecular formula is C18H26BN2O. The number of nitrogens with one attached hydrogen (secondary N) is 1. The van der Waals surface area contributed by atoms with E-state index >= 15 is 0 Å². The molecule has 1 aromatic rings. The number of rotatable bonds is 4. The first-order valence-electron chi connectivity index (χ1n) is 8.85. The number of aryl methyl sites for hydroxylation is 1. The van der Waals surface area contributed by atoms with E-state index in [-0.39, 0.29) is 0 Å². The first kappa shape index (κ1) is 14.6. The molecule has 1 N–H and O–H groups in total. The summed E-state index contributed by atoms with van der Waals surface area (Å²) in [7, 11) is 2.40. The summed E-state index contributed by atoms with van der Waals surface area (Å²) in [5.74, 6) is 1.11. The van der Waals surface area contributed by atoms with Crippen LogP contribution in [0.2, 0.25) is 6.32 Å². The number of likely N-dealkylation sites (tertiary alicyclic amines) is 1. The maximum absolute atomic E-state index is 6.27. The van der Waals surface area contributed by atoms with E-state index in [0.717, 1.165) is 25.2 Å². The van der Waals surface area contributed by atoms with Crippen molar-refractivity contribution in [1.82, 2.24) is 10.2 Å². The monoisotopic (exact) mass is 297 g/mol. The van der Waals surface area contributed by atoms with Gasteiger partial charge in [0.2, 0.25) is 0 Å². The highest BCUT2D eigenvalue weighted by Crippen LogP contribution is 2.30. The van der Waals surface area contributed by atoms with Crippen molar-refractivity contribution in [3.63, 3.8) is 0 Å². The summed E-state index contributed by atoms with van der Waals surface area (Å²) in [6.07, 6.45) is 6.58. The molecule has 0 bridgehead atoms. The first-order chi connectivity index (χ1) is 10.8. The van der Waals surface area contributed by atoms with Crippen LogP contribution in [0.5, 0.6) is 5.75 Å². The summed E-state index contributed by atoms with van der Waals surface area (Å²) in [6.45, 7) is 6.79. The van der Waals surface area contributed by atoms with Crippen molar-refractivity contribution in [2.24, 2.45) is 0 Å². The van der Waals surface area contributed by atoms with Crippen molar-refractivity contribution >= 4 is 7.28 Å². The van der Waals surface area contributed by atoms with E-state index in [0.29, 0.717) is 12.1 Å². The van der Waals surface area contributed by atoms with Crippen molar-refractivity contribution in [2.45, 2.75) is 51.0 Å². The van der Waals surface area contributed by atoms with Crippen LogP contribution in [0.3, 0.4) is 0 Å². The Kier molecular flexibility index (Phi) is 4.14. The highest BCUT2D eigenvalue weighted by molar-refractivity contribution is 6.35. The summed E-state index contributed by atoms with van der Waals surface area (Å²) >= 11 is 0. The molecular weight excluding hydrogens is 271 g/mol. The van der Waals surface area contributed by atoms with Crippen molar-refractivity contribution in [1.29, 1.82) is 0 Å². The molecule has 4 heteroatoms. The fourth-order valence-electron chi connectivity index (χ4n) is 4.09. The Morgan fingerprint density at radius 1 is 1.36 bits per heavy atom. The Bertz CT molecular complexity index is 536. The fraction of sp³-hybridized carbons (Fsp3) is 0.667. The van der Waals surface area contributed by atoms with E-state index in [2.05, 4.69) is 36.6 Å². The SMILES string of the molecule is Cc1c(OC2CN(CC3CCCN3)C2)ccc2c1C[B]CC2. The summed E-state index contributed by atoms with van der Waals surface area (Å²) < 4.78 is 6.27. The highest BCUT2D eigenvalue weighted by Gasteiger charge is 2.31. The maximum atomic E-state index is 6.27. The fourth-order valence-corrected chi connectivity index (χ4v) is 4.09. The second-order valence-corrected chi connectivity index (χ2v) is 7.11. The van der Waals surface area contributed by atoms with Crippen LogP contribution in [0.15, 0.2) is 12.1 Å². The normalized spacial score (nSPS) is 25.4. The van der Waals surface area contributed by atoms with Crippen LogP contribution in [-0.4, -0.2) is 50.5 Å². The Labute approximate surface area is 134 Å². The number of hydrogen-bond donors (Lipinski definition) is 1. The molecule has 1 unspecified atom stereocenters. The Hall–Kier alpha value is -0.995. The number of fused-ring (bicyclic) bond motifs is 1. The molecule has 3 aliphatic heterocycles. The van der Waals surface area contributed by atoms with E-state index in [1.54, 1.807) is 0 Å². The van der Waals surface area contributed by atoms with E-state index in [4.69, 9.17) is 4.74 Å². The van der Waals surface area contributed by atoms with E-state index < -0.39 is 0 Å². The Balaban J connectivity index is 1.33. The minimum atomic E-state index is 0.380. The van der Waals surface area contributed by atoms with E-state index in [9.17, 15) is 0 Å². The number of benzene rings is 1. The Morgan fingerprint density at radius 3 is 3.09 bits per heavy atom. The van der Waals surface area contributed by atoms with Gasteiger partial charge in [0.1, 0.15) is 19.1 Å². The van der Waals surface area contributed by atoms with Gasteiger partial charge < -0.3 is 10.1 Å². The van der Waals surface area contributed by atoms with Gasteiger partial charge in [-0.1, -0.05) is 18.7 Å². The van der Waals surface area contributed by atoms with Gasteiger partial charge >= 0.3 is 0 Å². The van der Waals surface area contributed by atoms with Gasteiger partial charge in [-0.05, 0) is 55.5 Å². The third-order valence-electron chi connectivity index (χ3n) is 5.47. The molecule has 0 saturated carbocycles. The molecule has 2 saturated heterocycles. The van der Waals surface area contributed by atoms with Gasteiger partial charge in [-0.3, -0.25) is 4.90 Å². The zero-order chi connectivity index (χ0) is 14.9. The summed E-state index contributed by atoms with van der Waals surface area (Å²) in [4.78, 5) is 2.52. The lowest BCUT2D eigenvalue weighted by molar-refractivity contribution is 0.0149. The molecule has 0 aromatic heterocycles. The van der Waals surface area contributed by atoms with Crippen molar-refractivity contribution in [3.8, 4) is 5.75 Å². The minimum absolute atomic E-state index is 0.380. The van der Waals surface area contributed by atoms with Gasteiger partial charge in [0.25, 0.3) is 0 Å². The predicted molar refractivity (Wildman–Crippen MR) is 91.0 cm³/mol. The molecule has 1 atom stereocenters. The van der Waals surface area contributed by atoms with Gasteiger partial charge in [0.15, 0.2) is 0 Å². The average molecular weight is 297 g/mol. The van der Waals surface area contributed by atoms with E-state index in [1.807, 2.05) is 0 Å². The molecule has 0 amide bonds. The van der Waals surface area contributed by atoms with Crippen LogP contribution in [0.4, 0.5) is 0 Å². The van der Waals surface area contributed by atoms with Gasteiger partial charge in [0, 0.05) is 25.7 Å². The zero-order valence-electron chi connectivity index (χ0n) is 13.6. The molecule has 3 aliphatic rings. The molecule has 4 rings (SSSR count). The second-order valence-electron chi connectivity index (χ2n) is 7.11. The lowest BCUT2D eigenvalue weighted by Gasteiger charge is -2.40. The highest BCUT2D eigenvalue weighted by atomic mass is 16.5. The molecule has 1 radical (unpaired) electrons. The first-order valence-corrected chi connectivity index (χ1v) is 8.85. The van der Waals surface area contributed by atoms with Gasteiger partial charge in [-0.2, -0.15) is 0 Å². The average Bonchev–Trinajstić information content (AvgIpc) is 3.01. The largest absolute Gasteiger partial charge is 0.487 e. The number of nitrogens with zero attached hydrogens (tertiary/aromatic N) is 1. The Morgan fingerprint density at radius 2 is 2.27 bits per heavy atom. The molecule has 1 aromatic carbocycles. The molecule has 0 spiro atoms. The van der Waals surface area contributed by atoms with Crippen molar-refractivity contribution in [2.75, 3.05) is 26.2 Å². The lowest BCUT2D eigenvalue weighted by atomic mass is 9.61. The lowest BCUT2D eigenvalue weighted by Crippen LogP contribution is -2.56. The minimum Gasteiger partial charge on any atom is -0.487 e. The molecule has 117 valence electrons. The third-order valence-corrected chi connectivity index (χ3v) is 5.47. The number of hydrogen-bond acceptors (Lipinski definition) is 3. The van der Waals surface area contributed by atoms with Gasteiger partial charge in [-0.25, -0.2) is 0 Å². The molecule has 3 heterocycles. The standard InChI is InChI=1S/C18H26BN2O/c1-13-17-9-19-7-6-14(17)4-5-18(13)22-16-11-21(12-16)10-15-3-2-8-20-15/h4-5,15-16,20H,2-3,6-12H2,1H3. The topological polar surface area (TPSA) is 24.5 Å². The second kappa shape index (κ2) is 6.25. The van der Waals surface area contributed by atoms with Crippen molar-refractivity contribution < 1.29 is 4.74 Å². The van der Waals surface area contributed by atoms with E-state index in [1.165, 1.54) is 55.4 Å². The molecule has 3 nitrogen and oxygen atoms in total. The molecule has 0 aliphatic carbocycles. The van der Waals surface area contributed by atoms with Gasteiger partial charge in [-0.15, -0.1) is 0 Å². The predicted octanol–water partition coefficient (Wildman–Crippen LogP) is 1.99. The molecule has 2 fully saturated rings. The quantitative estimate of drug-likeness (QED) is 0.860. The molecule has 22 heavy (non-hydrogen) atoms. The van der Waals surface area contributed by atoms with Crippen LogP contribution in [0.25, 0.3) is 0 Å². The summed E-state index contributed by atoms with van der Waals surface area (Å²) in [5, 5.41) is 3.58. The van der Waals surface area contributed by atoms with Crippen LogP contribution in [0, 0.1) is 6.92 Å². The van der Waals surface area contributed by atoms with Crippen LogP contribution in [0.1, 0.15) is 29.5 Å². The van der Waals surface area contributed by atoms with Crippen LogP contribution >= 0.6 is 0 Å². The van der Waals surface area contributed by atoms with Crippen molar-refractivity contribution in [3.05, 3.63) is 28.8 Å². The summed E-state index contributed by atoms with van der Waals surface area (Å²) in [6, 6.07) is 5.19. The smallest absolute Gasteiger partial charge is 0.124 e. The maximum Gasteiger partial charge on any atom is 0.124 e. The number of ether oxygens (including phenoxy) is 1. The third kappa shape index (κ3) is 2.91. The van der Waals surface area contributed by atoms with Gasteiger partial charge in [0.05, 0.1) is 0 Å². The zero-order valence-corrected chi connectivity index (χ0v) is 13.6. The summed E-state index contributed by atoms with van der Waals surface area (Å²) in [5.41, 5.74) is 4.40.